The molecule has 2 fully saturated rings. The fourth-order valence-corrected chi connectivity index (χ4v) is 4.51. The molecule has 3 rings (SSSR count). The van der Waals surface area contributed by atoms with Crippen LogP contribution >= 0.6 is 12.2 Å². The highest BCUT2D eigenvalue weighted by Gasteiger charge is 2.27. The number of carbonyl (C=O) groups excluding carboxylic acids is 1. The number of ether oxygens (including phenoxy) is 1. The zero-order valence-electron chi connectivity index (χ0n) is 17.7. The summed E-state index contributed by atoms with van der Waals surface area (Å²) in [5, 5.41) is 4.24. The van der Waals surface area contributed by atoms with Crippen molar-refractivity contribution in [1.29, 1.82) is 0 Å². The van der Waals surface area contributed by atoms with Gasteiger partial charge >= 0.3 is 0 Å². The lowest BCUT2D eigenvalue weighted by Crippen LogP contribution is -2.50. The van der Waals surface area contributed by atoms with E-state index in [0.29, 0.717) is 6.04 Å². The first-order valence-corrected chi connectivity index (χ1v) is 11.1. The SMILES string of the molecule is CC(=O)N1CCC(N(CCCN2CCOCC2)C(=S)Nc2cccc(C)c2)CC1. The first-order valence-electron chi connectivity index (χ1n) is 10.7. The number of anilines is 1. The van der Waals surface area contributed by atoms with Crippen molar-refractivity contribution in [2.24, 2.45) is 0 Å². The Hall–Kier alpha value is -1.70. The van der Waals surface area contributed by atoms with Crippen LogP contribution in [0, 0.1) is 6.92 Å². The summed E-state index contributed by atoms with van der Waals surface area (Å²) in [7, 11) is 0. The second kappa shape index (κ2) is 10.9. The molecular weight excluding hydrogens is 384 g/mol. The monoisotopic (exact) mass is 418 g/mol. The largest absolute Gasteiger partial charge is 0.379 e. The van der Waals surface area contributed by atoms with E-state index < -0.39 is 0 Å². The molecule has 0 aromatic heterocycles. The second-order valence-electron chi connectivity index (χ2n) is 8.04. The first-order chi connectivity index (χ1) is 14.0. The van der Waals surface area contributed by atoms with Crippen LogP contribution in [0.4, 0.5) is 5.69 Å². The van der Waals surface area contributed by atoms with Crippen LogP contribution < -0.4 is 5.32 Å². The summed E-state index contributed by atoms with van der Waals surface area (Å²) in [6, 6.07) is 8.69. The quantitative estimate of drug-likeness (QED) is 0.717. The van der Waals surface area contributed by atoms with Crippen LogP contribution in [0.2, 0.25) is 0 Å². The number of hydrogen-bond donors (Lipinski definition) is 1. The van der Waals surface area contributed by atoms with E-state index in [0.717, 1.165) is 82.5 Å². The highest BCUT2D eigenvalue weighted by molar-refractivity contribution is 7.80. The third kappa shape index (κ3) is 6.66. The Kier molecular flexibility index (Phi) is 8.27. The minimum absolute atomic E-state index is 0.169. The average molecular weight is 419 g/mol. The first kappa shape index (κ1) is 22.0. The standard InChI is InChI=1S/C22H34N4O2S/c1-18-5-3-6-20(17-18)23-22(29)26(10-4-9-24-13-15-28-16-14-24)21-7-11-25(12-8-21)19(2)27/h3,5-6,17,21H,4,7-16H2,1-2H3,(H,23,29). The number of amides is 1. The van der Waals surface area contributed by atoms with Crippen molar-refractivity contribution in [3.05, 3.63) is 29.8 Å². The van der Waals surface area contributed by atoms with Gasteiger partial charge in [0.25, 0.3) is 0 Å². The molecule has 2 heterocycles. The Morgan fingerprint density at radius 1 is 1.24 bits per heavy atom. The zero-order valence-corrected chi connectivity index (χ0v) is 18.5. The molecule has 1 amide bonds. The smallest absolute Gasteiger partial charge is 0.219 e. The van der Waals surface area contributed by atoms with Crippen molar-refractivity contribution in [2.45, 2.75) is 39.2 Å². The summed E-state index contributed by atoms with van der Waals surface area (Å²) in [4.78, 5) is 18.5. The van der Waals surface area contributed by atoms with Gasteiger partial charge in [0.1, 0.15) is 0 Å². The average Bonchev–Trinajstić information content (AvgIpc) is 2.72. The number of hydrogen-bond acceptors (Lipinski definition) is 4. The molecule has 1 aromatic rings. The van der Waals surface area contributed by atoms with Crippen LogP contribution in [-0.2, 0) is 9.53 Å². The number of nitrogens with zero attached hydrogens (tertiary/aromatic N) is 3. The Balaban J connectivity index is 1.60. The fourth-order valence-electron chi connectivity index (χ4n) is 4.15. The highest BCUT2D eigenvalue weighted by Crippen LogP contribution is 2.20. The number of likely N-dealkylation sites (tertiary alicyclic amines) is 1. The molecular formula is C22H34N4O2S. The van der Waals surface area contributed by atoms with Gasteiger partial charge in [-0.1, -0.05) is 12.1 Å². The molecule has 0 atom stereocenters. The Bertz CT molecular complexity index is 685. The van der Waals surface area contributed by atoms with E-state index in [1.54, 1.807) is 6.92 Å². The molecule has 6 nitrogen and oxygen atoms in total. The van der Waals surface area contributed by atoms with Crippen molar-refractivity contribution in [2.75, 3.05) is 57.8 Å². The molecule has 0 aliphatic carbocycles. The van der Waals surface area contributed by atoms with Gasteiger partial charge in [-0.25, -0.2) is 0 Å². The summed E-state index contributed by atoms with van der Waals surface area (Å²) in [5.41, 5.74) is 2.25. The Labute approximate surface area is 180 Å². The number of thiocarbonyl (C=S) groups is 1. The summed E-state index contributed by atoms with van der Waals surface area (Å²) in [6.45, 7) is 11.1. The third-order valence-corrected chi connectivity index (χ3v) is 6.19. The minimum atomic E-state index is 0.169. The van der Waals surface area contributed by atoms with Gasteiger partial charge in [0.05, 0.1) is 13.2 Å². The van der Waals surface area contributed by atoms with Gasteiger partial charge in [-0.2, -0.15) is 0 Å². The van der Waals surface area contributed by atoms with Gasteiger partial charge in [-0.15, -0.1) is 0 Å². The maximum Gasteiger partial charge on any atom is 0.219 e. The lowest BCUT2D eigenvalue weighted by atomic mass is 10.0. The lowest BCUT2D eigenvalue weighted by Gasteiger charge is -2.40. The number of aryl methyl sites for hydroxylation is 1. The normalized spacial score (nSPS) is 18.5. The predicted molar refractivity (Wildman–Crippen MR) is 121 cm³/mol. The lowest BCUT2D eigenvalue weighted by molar-refractivity contribution is -0.130. The topological polar surface area (TPSA) is 48.1 Å². The summed E-state index contributed by atoms with van der Waals surface area (Å²) in [6.07, 6.45) is 3.00. The number of piperidine rings is 1. The van der Waals surface area contributed by atoms with E-state index >= 15 is 0 Å². The third-order valence-electron chi connectivity index (χ3n) is 5.86. The van der Waals surface area contributed by atoms with E-state index in [2.05, 4.69) is 40.2 Å². The van der Waals surface area contributed by atoms with Gasteiger partial charge in [0.15, 0.2) is 5.11 Å². The Morgan fingerprint density at radius 2 is 1.97 bits per heavy atom. The van der Waals surface area contributed by atoms with Crippen LogP contribution in [0.5, 0.6) is 0 Å². The van der Waals surface area contributed by atoms with Crippen molar-refractivity contribution >= 4 is 28.9 Å². The molecule has 160 valence electrons. The predicted octanol–water partition coefficient (Wildman–Crippen LogP) is 2.73. The number of morpholine rings is 1. The van der Waals surface area contributed by atoms with Gasteiger partial charge in [-0.05, 0) is 56.1 Å². The highest BCUT2D eigenvalue weighted by atomic mass is 32.1. The van der Waals surface area contributed by atoms with E-state index in [4.69, 9.17) is 17.0 Å². The summed E-state index contributed by atoms with van der Waals surface area (Å²) in [5.74, 6) is 0.169. The van der Waals surface area contributed by atoms with Crippen molar-refractivity contribution in [3.8, 4) is 0 Å². The van der Waals surface area contributed by atoms with Crippen LogP contribution in [-0.4, -0.2) is 84.2 Å². The van der Waals surface area contributed by atoms with Gasteiger partial charge < -0.3 is 19.9 Å². The van der Waals surface area contributed by atoms with Crippen LogP contribution in [0.25, 0.3) is 0 Å². The van der Waals surface area contributed by atoms with Crippen molar-refractivity contribution in [3.63, 3.8) is 0 Å². The zero-order chi connectivity index (χ0) is 20.6. The summed E-state index contributed by atoms with van der Waals surface area (Å²) >= 11 is 5.83. The van der Waals surface area contributed by atoms with Crippen LogP contribution in [0.1, 0.15) is 31.7 Å². The molecule has 0 unspecified atom stereocenters. The molecule has 1 N–H and O–H groups in total. The number of carbonyl (C=O) groups is 1. The van der Waals surface area contributed by atoms with Gasteiger partial charge in [0.2, 0.25) is 5.91 Å². The van der Waals surface area contributed by atoms with Crippen molar-refractivity contribution < 1.29 is 9.53 Å². The van der Waals surface area contributed by atoms with Crippen LogP contribution in [0.3, 0.4) is 0 Å². The maximum absolute atomic E-state index is 11.7. The van der Waals surface area contributed by atoms with E-state index in [-0.39, 0.29) is 5.91 Å². The fraction of sp³-hybridized carbons (Fsp3) is 0.636. The number of benzene rings is 1. The minimum Gasteiger partial charge on any atom is -0.379 e. The van der Waals surface area contributed by atoms with Crippen LogP contribution in [0.15, 0.2) is 24.3 Å². The molecule has 0 spiro atoms. The molecule has 0 saturated carbocycles. The van der Waals surface area contributed by atoms with Gasteiger partial charge in [0, 0.05) is 57.9 Å². The molecule has 2 saturated heterocycles. The van der Waals surface area contributed by atoms with Gasteiger partial charge in [-0.3, -0.25) is 9.69 Å². The second-order valence-corrected chi connectivity index (χ2v) is 8.42. The maximum atomic E-state index is 11.7. The molecule has 29 heavy (non-hydrogen) atoms. The van der Waals surface area contributed by atoms with E-state index in [9.17, 15) is 4.79 Å². The molecule has 2 aliphatic rings. The molecule has 7 heteroatoms. The van der Waals surface area contributed by atoms with Crippen molar-refractivity contribution in [1.82, 2.24) is 14.7 Å². The molecule has 0 radical (unpaired) electrons. The number of nitrogens with one attached hydrogen (secondary N) is 1. The molecule has 1 aromatic carbocycles. The number of rotatable bonds is 6. The summed E-state index contributed by atoms with van der Waals surface area (Å²) < 4.78 is 5.45. The molecule has 2 aliphatic heterocycles. The van der Waals surface area contributed by atoms with E-state index in [1.165, 1.54) is 5.56 Å². The van der Waals surface area contributed by atoms with E-state index in [1.807, 2.05) is 11.0 Å². The Morgan fingerprint density at radius 3 is 2.62 bits per heavy atom. The molecule has 0 bridgehead atoms.